The quantitative estimate of drug-likeness (QED) is 0.147. The van der Waals surface area contributed by atoms with E-state index in [2.05, 4.69) is 22.5 Å². The number of fused-ring (bicyclic) bond motifs is 2. The summed E-state index contributed by atoms with van der Waals surface area (Å²) in [6, 6.07) is 2.01. The molecule has 0 radical (unpaired) electrons. The molecule has 2 heterocycles. The predicted octanol–water partition coefficient (Wildman–Crippen LogP) is 6.85. The van der Waals surface area contributed by atoms with E-state index < -0.39 is 0 Å². The van der Waals surface area contributed by atoms with Gasteiger partial charge in [0.25, 0.3) is 5.91 Å². The molecule has 0 aromatic heterocycles. The normalized spacial score (nSPS) is 16.4. The molecule has 2 aliphatic heterocycles. The minimum absolute atomic E-state index is 0.0491. The molecule has 8 nitrogen and oxygen atoms in total. The van der Waals surface area contributed by atoms with Crippen LogP contribution in [0.4, 0.5) is 4.39 Å². The van der Waals surface area contributed by atoms with Crippen LogP contribution < -0.4 is 10.6 Å². The zero-order valence-electron chi connectivity index (χ0n) is 25.4. The van der Waals surface area contributed by atoms with Crippen LogP contribution in [0.1, 0.15) is 80.6 Å². The van der Waals surface area contributed by atoms with Gasteiger partial charge in [-0.1, -0.05) is 40.5 Å². The first kappa shape index (κ1) is 35.4. The van der Waals surface area contributed by atoms with E-state index in [1.807, 2.05) is 40.7 Å². The highest BCUT2D eigenvalue weighted by atomic mass is 32.2. The number of aliphatic hydroxyl groups is 1. The molecule has 1 aliphatic carbocycles. The van der Waals surface area contributed by atoms with Gasteiger partial charge in [0.1, 0.15) is 12.4 Å². The minimum Gasteiger partial charge on any atom is -0.494 e. The van der Waals surface area contributed by atoms with Crippen molar-refractivity contribution in [1.82, 2.24) is 14.9 Å². The number of amides is 2. The summed E-state index contributed by atoms with van der Waals surface area (Å²) in [6.45, 7) is 14.1. The van der Waals surface area contributed by atoms with Crippen LogP contribution in [-0.2, 0) is 9.59 Å². The molecule has 10 heteroatoms. The van der Waals surface area contributed by atoms with E-state index in [1.165, 1.54) is 36.9 Å². The Balaban J connectivity index is 0.000000450. The maximum atomic E-state index is 13.8. The second-order valence-electron chi connectivity index (χ2n) is 9.05. The highest BCUT2D eigenvalue weighted by Crippen LogP contribution is 2.34. The molecular weight excluding hydrogens is 541 g/mol. The molecular formula is C31H44FN5O3S. The molecule has 0 aromatic carbocycles. The van der Waals surface area contributed by atoms with Crippen molar-refractivity contribution in [1.29, 1.82) is 5.26 Å². The third kappa shape index (κ3) is 10.7. The molecule has 2 amide bonds. The third-order valence-corrected chi connectivity index (χ3v) is 7.18. The zero-order chi connectivity index (χ0) is 30.9. The molecule has 0 aromatic rings. The number of aliphatic imine (C=N–C) groups is 1. The second kappa shape index (κ2) is 18.7. The van der Waals surface area contributed by atoms with E-state index >= 15 is 0 Å². The average molecular weight is 586 g/mol. The van der Waals surface area contributed by atoms with Crippen molar-refractivity contribution >= 4 is 29.5 Å². The Morgan fingerprint density at radius 3 is 2.56 bits per heavy atom. The topological polar surface area (TPSA) is 118 Å². The van der Waals surface area contributed by atoms with Crippen molar-refractivity contribution in [3.05, 3.63) is 69.7 Å². The highest BCUT2D eigenvalue weighted by Gasteiger charge is 2.26. The standard InChI is InChI=1S/C19H20FN3O2.C10H18N2OS.C2H6/c1-4-21-19(25)17-10(2)16(22-11(17)3)9-15-12-7-13(20)5-6-14(8-12)23-18(15)24;1-3-5-6-9-14-12(8-7-11)10(13)4-2;1-2/h5-7,9,23-24H,4,8H2,1-3H3,(H,21,25);3-6,8-9H2,1-2H3;1-2H3/b16-9-;;. The Labute approximate surface area is 248 Å². The molecule has 0 fully saturated rings. The molecule has 3 rings (SSSR count). The van der Waals surface area contributed by atoms with Crippen LogP contribution >= 0.6 is 11.9 Å². The lowest BCUT2D eigenvalue weighted by molar-refractivity contribution is -0.125. The summed E-state index contributed by atoms with van der Waals surface area (Å²) in [5.41, 5.74) is 4.34. The number of likely N-dealkylation sites (N-methyl/N-ethyl adjacent to an activating group) is 1. The first-order valence-corrected chi connectivity index (χ1v) is 15.1. The number of hydrogen-bond acceptors (Lipinski definition) is 7. The fourth-order valence-electron chi connectivity index (χ4n) is 4.06. The molecule has 41 heavy (non-hydrogen) atoms. The summed E-state index contributed by atoms with van der Waals surface area (Å²) in [6.07, 6.45) is 10.5. The summed E-state index contributed by atoms with van der Waals surface area (Å²) >= 11 is 1.48. The Morgan fingerprint density at radius 1 is 1.24 bits per heavy atom. The maximum Gasteiger partial charge on any atom is 0.253 e. The van der Waals surface area contributed by atoms with Crippen molar-refractivity contribution in [3.63, 3.8) is 0 Å². The van der Waals surface area contributed by atoms with Gasteiger partial charge in [-0.05, 0) is 74.6 Å². The lowest BCUT2D eigenvalue weighted by atomic mass is 9.96. The monoisotopic (exact) mass is 585 g/mol. The minimum atomic E-state index is -0.376. The van der Waals surface area contributed by atoms with E-state index in [9.17, 15) is 19.1 Å². The van der Waals surface area contributed by atoms with Crippen LogP contribution in [0.2, 0.25) is 0 Å². The van der Waals surface area contributed by atoms with Gasteiger partial charge in [-0.2, -0.15) is 5.26 Å². The number of hydrogen-bond donors (Lipinski definition) is 3. The molecule has 0 spiro atoms. The molecule has 3 aliphatic rings. The van der Waals surface area contributed by atoms with Crippen LogP contribution in [0.3, 0.4) is 0 Å². The summed E-state index contributed by atoms with van der Waals surface area (Å²) in [5.74, 6) is 0.386. The second-order valence-corrected chi connectivity index (χ2v) is 10.2. The fourth-order valence-corrected chi connectivity index (χ4v) is 5.03. The van der Waals surface area contributed by atoms with Crippen molar-refractivity contribution in [3.8, 4) is 6.07 Å². The van der Waals surface area contributed by atoms with E-state index in [1.54, 1.807) is 23.4 Å². The number of carbonyl (C=O) groups excluding carboxylic acids is 2. The third-order valence-electron chi connectivity index (χ3n) is 6.06. The Bertz CT molecular complexity index is 1220. The molecule has 0 unspecified atom stereocenters. The Kier molecular flexibility index (Phi) is 16.2. The zero-order valence-corrected chi connectivity index (χ0v) is 26.2. The summed E-state index contributed by atoms with van der Waals surface area (Å²) < 4.78 is 15.3. The predicted molar refractivity (Wildman–Crippen MR) is 166 cm³/mol. The fraction of sp³-hybridized carbons (Fsp3) is 0.484. The SMILES string of the molecule is CC.CCCCCSN(CC#N)C(=O)CC.CCNC(=O)C1=C(C)/C(=C/C2=C(O)NC3=CC=C(F)C=C2C3)N=C1C. The van der Waals surface area contributed by atoms with E-state index in [-0.39, 0.29) is 30.1 Å². The number of nitriles is 1. The lowest BCUT2D eigenvalue weighted by Crippen LogP contribution is -2.27. The molecule has 0 saturated carbocycles. The number of nitrogens with zero attached hydrogens (tertiary/aromatic N) is 3. The molecule has 2 bridgehead atoms. The molecule has 224 valence electrons. The number of rotatable bonds is 10. The summed E-state index contributed by atoms with van der Waals surface area (Å²) in [7, 11) is 0. The summed E-state index contributed by atoms with van der Waals surface area (Å²) in [4.78, 5) is 28.0. The Hall–Kier alpha value is -3.58. The number of nitrogens with one attached hydrogen (secondary N) is 2. The first-order valence-electron chi connectivity index (χ1n) is 14.2. The van der Waals surface area contributed by atoms with Gasteiger partial charge < -0.3 is 15.7 Å². The van der Waals surface area contributed by atoms with Crippen molar-refractivity contribution in [2.24, 2.45) is 4.99 Å². The molecule has 0 atom stereocenters. The van der Waals surface area contributed by atoms with Gasteiger partial charge >= 0.3 is 0 Å². The highest BCUT2D eigenvalue weighted by molar-refractivity contribution is 7.97. The van der Waals surface area contributed by atoms with Crippen molar-refractivity contribution in [2.45, 2.75) is 80.6 Å². The first-order chi connectivity index (χ1) is 19.7. The number of halogens is 1. The van der Waals surface area contributed by atoms with E-state index in [0.717, 1.165) is 23.4 Å². The van der Waals surface area contributed by atoms with Gasteiger partial charge in [-0.3, -0.25) is 18.9 Å². The van der Waals surface area contributed by atoms with E-state index in [0.29, 0.717) is 47.5 Å². The molecule has 0 saturated heterocycles. The lowest BCUT2D eigenvalue weighted by Gasteiger charge is -2.21. The smallest absolute Gasteiger partial charge is 0.253 e. The van der Waals surface area contributed by atoms with Crippen molar-refractivity contribution in [2.75, 3.05) is 18.8 Å². The van der Waals surface area contributed by atoms with Crippen LogP contribution in [0.15, 0.2) is 74.7 Å². The molecule has 3 N–H and O–H groups in total. The van der Waals surface area contributed by atoms with Crippen LogP contribution in [0.5, 0.6) is 0 Å². The maximum absolute atomic E-state index is 13.8. The number of unbranched alkanes of at least 4 members (excludes halogenated alkanes) is 2. The van der Waals surface area contributed by atoms with Crippen LogP contribution in [-0.4, -0.2) is 45.8 Å². The largest absolute Gasteiger partial charge is 0.494 e. The Morgan fingerprint density at radius 2 is 1.95 bits per heavy atom. The van der Waals surface area contributed by atoms with Gasteiger partial charge in [-0.15, -0.1) is 0 Å². The van der Waals surface area contributed by atoms with E-state index in [4.69, 9.17) is 5.26 Å². The number of aliphatic hydroxyl groups excluding tert-OH is 1. The van der Waals surface area contributed by atoms with Crippen LogP contribution in [0.25, 0.3) is 0 Å². The van der Waals surface area contributed by atoms with Gasteiger partial charge in [0.2, 0.25) is 5.91 Å². The van der Waals surface area contributed by atoms with Gasteiger partial charge in [0, 0.05) is 36.4 Å². The summed E-state index contributed by atoms with van der Waals surface area (Å²) in [5, 5.41) is 24.5. The van der Waals surface area contributed by atoms with Gasteiger partial charge in [0.15, 0.2) is 5.88 Å². The number of allylic oxidation sites excluding steroid dienone is 8. The van der Waals surface area contributed by atoms with Crippen molar-refractivity contribution < 1.29 is 19.1 Å². The van der Waals surface area contributed by atoms with Gasteiger partial charge in [0.05, 0.1) is 23.1 Å². The average Bonchev–Trinajstić information content (AvgIpc) is 3.14. The van der Waals surface area contributed by atoms with Crippen LogP contribution in [0, 0.1) is 11.3 Å². The van der Waals surface area contributed by atoms with Gasteiger partial charge in [-0.25, -0.2) is 4.39 Å². The number of carbonyl (C=O) groups is 2.